The van der Waals surface area contributed by atoms with E-state index in [1.165, 1.54) is 5.56 Å². The molecule has 0 saturated heterocycles. The number of rotatable bonds is 5. The summed E-state index contributed by atoms with van der Waals surface area (Å²) in [6.07, 6.45) is -0.808. The van der Waals surface area contributed by atoms with Gasteiger partial charge in [0.1, 0.15) is 17.7 Å². The van der Waals surface area contributed by atoms with Crippen LogP contribution in [-0.4, -0.2) is 21.8 Å². The Bertz CT molecular complexity index is 1010. The molecule has 0 amide bonds. The van der Waals surface area contributed by atoms with Crippen molar-refractivity contribution < 1.29 is 9.84 Å². The maximum atomic E-state index is 11.0. The van der Waals surface area contributed by atoms with Crippen molar-refractivity contribution in [3.63, 3.8) is 0 Å². The number of para-hydroxylation sites is 2. The average Bonchev–Trinajstić information content (AvgIpc) is 3.07. The normalized spacial score (nSPS) is 12.2. The molecule has 1 atom stereocenters. The van der Waals surface area contributed by atoms with Crippen LogP contribution in [0.4, 0.5) is 0 Å². The third-order valence-electron chi connectivity index (χ3n) is 4.54. The largest absolute Gasteiger partial charge is 0.497 e. The van der Waals surface area contributed by atoms with Crippen molar-refractivity contribution in [3.05, 3.63) is 95.8 Å². The summed E-state index contributed by atoms with van der Waals surface area (Å²) in [5, 5.41) is 11.0. The first kappa shape index (κ1) is 16.4. The number of hydrogen-bond acceptors (Lipinski definition) is 3. The Morgan fingerprint density at radius 3 is 2.35 bits per heavy atom. The molecule has 4 rings (SSSR count). The fourth-order valence-corrected chi connectivity index (χ4v) is 3.17. The summed E-state index contributed by atoms with van der Waals surface area (Å²) in [4.78, 5) is 4.71. The van der Waals surface area contributed by atoms with Gasteiger partial charge in [0, 0.05) is 6.54 Å². The van der Waals surface area contributed by atoms with Gasteiger partial charge in [-0.1, -0.05) is 54.6 Å². The lowest BCUT2D eigenvalue weighted by atomic mass is 10.1. The molecular formula is C22H20N2O2. The Morgan fingerprint density at radius 2 is 1.62 bits per heavy atom. The number of hydrogen-bond donors (Lipinski definition) is 1. The second kappa shape index (κ2) is 7.02. The number of aliphatic hydroxyl groups is 1. The molecule has 0 unspecified atom stereocenters. The van der Waals surface area contributed by atoms with Gasteiger partial charge in [0.25, 0.3) is 0 Å². The second-order valence-corrected chi connectivity index (χ2v) is 6.21. The number of imidazole rings is 1. The van der Waals surface area contributed by atoms with E-state index in [1.54, 1.807) is 7.11 Å². The van der Waals surface area contributed by atoms with Crippen LogP contribution in [0.2, 0.25) is 0 Å². The van der Waals surface area contributed by atoms with Gasteiger partial charge in [0.2, 0.25) is 0 Å². The molecular weight excluding hydrogens is 324 g/mol. The predicted molar refractivity (Wildman–Crippen MR) is 102 cm³/mol. The van der Waals surface area contributed by atoms with Crippen LogP contribution in [0.3, 0.4) is 0 Å². The molecule has 4 aromatic rings. The van der Waals surface area contributed by atoms with Crippen molar-refractivity contribution in [3.8, 4) is 5.75 Å². The Balaban J connectivity index is 1.79. The first-order valence-corrected chi connectivity index (χ1v) is 8.57. The zero-order chi connectivity index (χ0) is 17.9. The molecule has 1 aromatic heterocycles. The van der Waals surface area contributed by atoms with Crippen LogP contribution in [0, 0.1) is 0 Å². The van der Waals surface area contributed by atoms with Crippen LogP contribution in [0.1, 0.15) is 23.1 Å². The molecule has 130 valence electrons. The van der Waals surface area contributed by atoms with Gasteiger partial charge in [0.15, 0.2) is 0 Å². The molecule has 0 spiro atoms. The summed E-state index contributed by atoms with van der Waals surface area (Å²) in [6, 6.07) is 25.6. The highest BCUT2D eigenvalue weighted by Gasteiger charge is 2.20. The molecule has 0 fully saturated rings. The molecule has 3 aromatic carbocycles. The van der Waals surface area contributed by atoms with E-state index in [1.807, 2.05) is 66.7 Å². The minimum atomic E-state index is -0.808. The van der Waals surface area contributed by atoms with Crippen molar-refractivity contribution >= 4 is 11.0 Å². The smallest absolute Gasteiger partial charge is 0.143 e. The van der Waals surface area contributed by atoms with Gasteiger partial charge in [-0.2, -0.15) is 0 Å². The van der Waals surface area contributed by atoms with Crippen LogP contribution in [0.5, 0.6) is 5.75 Å². The van der Waals surface area contributed by atoms with Crippen LogP contribution >= 0.6 is 0 Å². The zero-order valence-electron chi connectivity index (χ0n) is 14.5. The van der Waals surface area contributed by atoms with Gasteiger partial charge in [-0.05, 0) is 35.4 Å². The lowest BCUT2D eigenvalue weighted by molar-refractivity contribution is 0.206. The summed E-state index contributed by atoms with van der Waals surface area (Å²) in [7, 11) is 1.63. The van der Waals surface area contributed by atoms with E-state index in [9.17, 15) is 5.11 Å². The van der Waals surface area contributed by atoms with E-state index < -0.39 is 6.10 Å². The summed E-state index contributed by atoms with van der Waals surface area (Å²) in [5.74, 6) is 1.40. The predicted octanol–water partition coefficient (Wildman–Crippen LogP) is 4.17. The fourth-order valence-electron chi connectivity index (χ4n) is 3.17. The van der Waals surface area contributed by atoms with Crippen LogP contribution < -0.4 is 4.74 Å². The molecule has 0 aliphatic carbocycles. The minimum Gasteiger partial charge on any atom is -0.497 e. The number of aromatic nitrogens is 2. The fraction of sp³-hybridized carbons (Fsp3) is 0.136. The first-order valence-electron chi connectivity index (χ1n) is 8.57. The Labute approximate surface area is 152 Å². The van der Waals surface area contributed by atoms with E-state index in [2.05, 4.69) is 16.7 Å². The number of nitrogens with zero attached hydrogens (tertiary/aromatic N) is 2. The molecule has 0 radical (unpaired) electrons. The van der Waals surface area contributed by atoms with Crippen LogP contribution in [-0.2, 0) is 6.54 Å². The number of benzene rings is 3. The SMILES string of the molecule is COc1ccc([C@H](O)c2nc3ccccc3n2Cc2ccccc2)cc1. The van der Waals surface area contributed by atoms with Gasteiger partial charge < -0.3 is 14.4 Å². The van der Waals surface area contributed by atoms with E-state index in [0.717, 1.165) is 22.3 Å². The minimum absolute atomic E-state index is 0.639. The summed E-state index contributed by atoms with van der Waals surface area (Å²) in [5.41, 5.74) is 3.85. The van der Waals surface area contributed by atoms with Crippen molar-refractivity contribution in [1.29, 1.82) is 0 Å². The molecule has 1 heterocycles. The van der Waals surface area contributed by atoms with Crippen LogP contribution in [0.15, 0.2) is 78.9 Å². The highest BCUT2D eigenvalue weighted by molar-refractivity contribution is 5.76. The van der Waals surface area contributed by atoms with Crippen LogP contribution in [0.25, 0.3) is 11.0 Å². The summed E-state index contributed by atoms with van der Waals surface area (Å²) >= 11 is 0. The molecule has 0 aliphatic rings. The van der Waals surface area contributed by atoms with Gasteiger partial charge in [-0.25, -0.2) is 4.98 Å². The molecule has 4 heteroatoms. The van der Waals surface area contributed by atoms with Gasteiger partial charge >= 0.3 is 0 Å². The topological polar surface area (TPSA) is 47.3 Å². The molecule has 1 N–H and O–H groups in total. The highest BCUT2D eigenvalue weighted by atomic mass is 16.5. The van der Waals surface area contributed by atoms with E-state index in [4.69, 9.17) is 9.72 Å². The summed E-state index contributed by atoms with van der Waals surface area (Å²) < 4.78 is 7.29. The van der Waals surface area contributed by atoms with Gasteiger partial charge in [-0.15, -0.1) is 0 Å². The Hall–Kier alpha value is -3.11. The molecule has 26 heavy (non-hydrogen) atoms. The maximum Gasteiger partial charge on any atom is 0.143 e. The third kappa shape index (κ3) is 3.07. The lowest BCUT2D eigenvalue weighted by Crippen LogP contribution is -2.11. The van der Waals surface area contributed by atoms with Crippen molar-refractivity contribution in [1.82, 2.24) is 9.55 Å². The highest BCUT2D eigenvalue weighted by Crippen LogP contribution is 2.27. The lowest BCUT2D eigenvalue weighted by Gasteiger charge is -2.15. The quantitative estimate of drug-likeness (QED) is 0.591. The van der Waals surface area contributed by atoms with Gasteiger partial charge in [0.05, 0.1) is 18.1 Å². The standard InChI is InChI=1S/C22H20N2O2/c1-26-18-13-11-17(12-14-18)21(25)22-23-19-9-5-6-10-20(19)24(22)15-16-7-3-2-4-8-16/h2-14,21,25H,15H2,1H3/t21-/m0/s1. The number of ether oxygens (including phenoxy) is 1. The van der Waals surface area contributed by atoms with Crippen molar-refractivity contribution in [2.45, 2.75) is 12.6 Å². The average molecular weight is 344 g/mol. The Morgan fingerprint density at radius 1 is 0.923 bits per heavy atom. The van der Waals surface area contributed by atoms with E-state index >= 15 is 0 Å². The molecule has 0 bridgehead atoms. The Kier molecular flexibility index (Phi) is 4.42. The van der Waals surface area contributed by atoms with Crippen molar-refractivity contribution in [2.24, 2.45) is 0 Å². The van der Waals surface area contributed by atoms with E-state index in [-0.39, 0.29) is 0 Å². The number of aliphatic hydroxyl groups excluding tert-OH is 1. The molecule has 4 nitrogen and oxygen atoms in total. The van der Waals surface area contributed by atoms with Crippen molar-refractivity contribution in [2.75, 3.05) is 7.11 Å². The molecule has 0 aliphatic heterocycles. The molecule has 0 saturated carbocycles. The summed E-state index contributed by atoms with van der Waals surface area (Å²) in [6.45, 7) is 0.657. The van der Waals surface area contributed by atoms with E-state index in [0.29, 0.717) is 12.4 Å². The number of fused-ring (bicyclic) bond motifs is 1. The zero-order valence-corrected chi connectivity index (χ0v) is 14.5. The number of methoxy groups -OCH3 is 1. The second-order valence-electron chi connectivity index (χ2n) is 6.21. The van der Waals surface area contributed by atoms with Gasteiger partial charge in [-0.3, -0.25) is 0 Å². The maximum absolute atomic E-state index is 11.0. The third-order valence-corrected chi connectivity index (χ3v) is 4.54. The first-order chi connectivity index (χ1) is 12.8. The monoisotopic (exact) mass is 344 g/mol.